The smallest absolute Gasteiger partial charge is 0.338 e. The molecule has 1 fully saturated rings. The first-order chi connectivity index (χ1) is 15.9. The van der Waals surface area contributed by atoms with Crippen molar-refractivity contribution in [3.63, 3.8) is 0 Å². The molecule has 168 valence electrons. The van der Waals surface area contributed by atoms with Crippen molar-refractivity contribution in [1.29, 1.82) is 0 Å². The average Bonchev–Trinajstić information content (AvgIpc) is 3.26. The summed E-state index contributed by atoms with van der Waals surface area (Å²) in [5.74, 6) is -0.528. The lowest BCUT2D eigenvalue weighted by atomic mass is 10.2. The average molecular weight is 480 g/mol. The Kier molecular flexibility index (Phi) is 6.72. The molecule has 0 radical (unpaired) electrons. The minimum absolute atomic E-state index is 0.190. The maximum absolute atomic E-state index is 12.5. The number of rotatable bonds is 5. The number of thioether (sulfide) groups is 1. The number of aryl methyl sites for hydroxylation is 1. The second-order valence-electron chi connectivity index (χ2n) is 7.39. The highest BCUT2D eigenvalue weighted by Crippen LogP contribution is 2.31. The van der Waals surface area contributed by atoms with E-state index in [1.165, 1.54) is 11.8 Å². The number of benzene rings is 2. The molecule has 1 amide bonds. The van der Waals surface area contributed by atoms with E-state index in [-0.39, 0.29) is 11.9 Å². The number of nitrogens with zero attached hydrogens (tertiary/aromatic N) is 2. The van der Waals surface area contributed by atoms with Crippen LogP contribution in [0.25, 0.3) is 11.8 Å². The molecule has 0 spiro atoms. The second kappa shape index (κ2) is 9.68. The van der Waals surface area contributed by atoms with Crippen molar-refractivity contribution in [1.82, 2.24) is 9.88 Å². The van der Waals surface area contributed by atoms with Crippen molar-refractivity contribution in [2.75, 3.05) is 6.61 Å². The van der Waals surface area contributed by atoms with Gasteiger partial charge in [0.2, 0.25) is 0 Å². The van der Waals surface area contributed by atoms with Gasteiger partial charge in [-0.25, -0.2) is 9.79 Å². The van der Waals surface area contributed by atoms with Gasteiger partial charge in [-0.2, -0.15) is 0 Å². The Bertz CT molecular complexity index is 1290. The maximum atomic E-state index is 12.5. The highest BCUT2D eigenvalue weighted by molar-refractivity contribution is 8.18. The third-order valence-electron chi connectivity index (χ3n) is 5.08. The summed E-state index contributed by atoms with van der Waals surface area (Å²) in [6.07, 6.45) is 1.87. The van der Waals surface area contributed by atoms with Gasteiger partial charge >= 0.3 is 5.97 Å². The molecule has 0 bridgehead atoms. The van der Waals surface area contributed by atoms with Gasteiger partial charge in [-0.15, -0.1) is 0 Å². The van der Waals surface area contributed by atoms with Crippen LogP contribution in [0.5, 0.6) is 0 Å². The molecule has 2 heterocycles. The number of carbonyl (C=O) groups excluding carboxylic acids is 2. The molecule has 2 aromatic carbocycles. The van der Waals surface area contributed by atoms with E-state index in [1.54, 1.807) is 31.2 Å². The summed E-state index contributed by atoms with van der Waals surface area (Å²) >= 11 is 7.31. The molecule has 1 saturated heterocycles. The fourth-order valence-corrected chi connectivity index (χ4v) is 4.59. The van der Waals surface area contributed by atoms with Crippen LogP contribution in [0.1, 0.15) is 34.2 Å². The first-order valence-corrected chi connectivity index (χ1v) is 11.6. The molecule has 1 aliphatic heterocycles. The van der Waals surface area contributed by atoms with E-state index in [0.717, 1.165) is 22.6 Å². The Labute approximate surface area is 201 Å². The van der Waals surface area contributed by atoms with E-state index in [2.05, 4.69) is 14.9 Å². The summed E-state index contributed by atoms with van der Waals surface area (Å²) in [4.78, 5) is 29.5. The van der Waals surface area contributed by atoms with E-state index in [0.29, 0.717) is 33.0 Å². The molecule has 0 saturated carbocycles. The molecule has 1 aromatic heterocycles. The standard InChI is InChI=1S/C25H22ClN3O3S/c1-4-32-24(31)17-8-10-21(11-9-17)29-15(2)12-18(16(29)3)13-22-23(30)28-25(33-22)27-20-7-5-6-19(26)14-20/h5-14H,4H2,1-3H3,(H,27,28,30). The van der Waals surface area contributed by atoms with Crippen LogP contribution in [0.2, 0.25) is 5.02 Å². The van der Waals surface area contributed by atoms with Gasteiger partial charge in [-0.05, 0) is 92.7 Å². The van der Waals surface area contributed by atoms with Gasteiger partial charge in [0.05, 0.1) is 22.8 Å². The van der Waals surface area contributed by atoms with Crippen LogP contribution < -0.4 is 5.32 Å². The van der Waals surface area contributed by atoms with Gasteiger partial charge < -0.3 is 14.6 Å². The molecule has 6 nitrogen and oxygen atoms in total. The Morgan fingerprint density at radius 1 is 1.18 bits per heavy atom. The lowest BCUT2D eigenvalue weighted by Crippen LogP contribution is -2.19. The Balaban J connectivity index is 1.59. The van der Waals surface area contributed by atoms with E-state index >= 15 is 0 Å². The van der Waals surface area contributed by atoms with Crippen LogP contribution in [-0.2, 0) is 9.53 Å². The molecule has 4 rings (SSSR count). The van der Waals surface area contributed by atoms with E-state index in [9.17, 15) is 9.59 Å². The summed E-state index contributed by atoms with van der Waals surface area (Å²) in [6, 6.07) is 16.5. The minimum atomic E-state index is -0.338. The predicted octanol–water partition coefficient (Wildman–Crippen LogP) is 5.82. The SMILES string of the molecule is CCOC(=O)c1ccc(-n2c(C)cc(C=C3SC(=Nc4cccc(Cl)c4)NC3=O)c2C)cc1. The number of aromatic nitrogens is 1. The number of halogens is 1. The highest BCUT2D eigenvalue weighted by Gasteiger charge is 2.24. The molecule has 8 heteroatoms. The molecule has 0 atom stereocenters. The van der Waals surface area contributed by atoms with Crippen LogP contribution in [0.3, 0.4) is 0 Å². The van der Waals surface area contributed by atoms with E-state index in [4.69, 9.17) is 16.3 Å². The number of ether oxygens (including phenoxy) is 1. The molecule has 33 heavy (non-hydrogen) atoms. The Morgan fingerprint density at radius 3 is 2.64 bits per heavy atom. The zero-order valence-electron chi connectivity index (χ0n) is 18.4. The Hall–Kier alpha value is -3.29. The summed E-state index contributed by atoms with van der Waals surface area (Å²) in [5.41, 5.74) is 5.04. The zero-order valence-corrected chi connectivity index (χ0v) is 20.0. The first-order valence-electron chi connectivity index (χ1n) is 10.4. The lowest BCUT2D eigenvalue weighted by molar-refractivity contribution is -0.115. The number of carbonyl (C=O) groups is 2. The van der Waals surface area contributed by atoms with E-state index < -0.39 is 0 Å². The summed E-state index contributed by atoms with van der Waals surface area (Å²) in [6.45, 7) is 6.12. The minimum Gasteiger partial charge on any atom is -0.462 e. The second-order valence-corrected chi connectivity index (χ2v) is 8.86. The normalized spacial score (nSPS) is 15.8. The third-order valence-corrected chi connectivity index (χ3v) is 6.23. The largest absolute Gasteiger partial charge is 0.462 e. The Morgan fingerprint density at radius 2 is 1.94 bits per heavy atom. The van der Waals surface area contributed by atoms with Crippen LogP contribution >= 0.6 is 23.4 Å². The van der Waals surface area contributed by atoms with Crippen molar-refractivity contribution in [3.8, 4) is 5.69 Å². The predicted molar refractivity (Wildman–Crippen MR) is 133 cm³/mol. The summed E-state index contributed by atoms with van der Waals surface area (Å²) in [5, 5.41) is 3.90. The monoisotopic (exact) mass is 479 g/mol. The van der Waals surface area contributed by atoms with Crippen LogP contribution in [-0.4, -0.2) is 28.2 Å². The number of hydrogen-bond donors (Lipinski definition) is 1. The topological polar surface area (TPSA) is 72.7 Å². The van der Waals surface area contributed by atoms with Crippen molar-refractivity contribution >= 4 is 52.2 Å². The van der Waals surface area contributed by atoms with Gasteiger partial charge in [-0.1, -0.05) is 17.7 Å². The first kappa shape index (κ1) is 22.9. The van der Waals surface area contributed by atoms with Gasteiger partial charge in [0, 0.05) is 22.1 Å². The van der Waals surface area contributed by atoms with E-state index in [1.807, 2.05) is 50.3 Å². The van der Waals surface area contributed by atoms with Crippen LogP contribution in [0.15, 0.2) is 64.5 Å². The number of esters is 1. The fourth-order valence-electron chi connectivity index (χ4n) is 3.58. The van der Waals surface area contributed by atoms with Gasteiger partial charge in [-0.3, -0.25) is 4.79 Å². The summed E-state index contributed by atoms with van der Waals surface area (Å²) < 4.78 is 7.13. The maximum Gasteiger partial charge on any atom is 0.338 e. The number of hydrogen-bond acceptors (Lipinski definition) is 5. The molecule has 1 N–H and O–H groups in total. The lowest BCUT2D eigenvalue weighted by Gasteiger charge is -2.10. The third kappa shape index (κ3) is 5.05. The molecule has 3 aromatic rings. The van der Waals surface area contributed by atoms with Gasteiger partial charge in [0.25, 0.3) is 5.91 Å². The van der Waals surface area contributed by atoms with Crippen molar-refractivity contribution in [3.05, 3.63) is 87.0 Å². The highest BCUT2D eigenvalue weighted by atomic mass is 35.5. The molecule has 0 aliphatic carbocycles. The number of amides is 1. The number of nitrogens with one attached hydrogen (secondary N) is 1. The number of aliphatic imine (C=N–C) groups is 1. The molecule has 1 aliphatic rings. The van der Waals surface area contributed by atoms with Crippen molar-refractivity contribution < 1.29 is 14.3 Å². The van der Waals surface area contributed by atoms with Crippen LogP contribution in [0, 0.1) is 13.8 Å². The fraction of sp³-hybridized carbons (Fsp3) is 0.160. The van der Waals surface area contributed by atoms with Gasteiger partial charge in [0.15, 0.2) is 5.17 Å². The van der Waals surface area contributed by atoms with Crippen molar-refractivity contribution in [2.45, 2.75) is 20.8 Å². The van der Waals surface area contributed by atoms with Crippen molar-refractivity contribution in [2.24, 2.45) is 4.99 Å². The number of amidine groups is 1. The zero-order chi connectivity index (χ0) is 23.5. The summed E-state index contributed by atoms with van der Waals surface area (Å²) in [7, 11) is 0. The van der Waals surface area contributed by atoms with Crippen LogP contribution in [0.4, 0.5) is 5.69 Å². The molecular weight excluding hydrogens is 458 g/mol. The molecule has 0 unspecified atom stereocenters. The molecular formula is C25H22ClN3O3S. The van der Waals surface area contributed by atoms with Gasteiger partial charge in [0.1, 0.15) is 0 Å². The quantitative estimate of drug-likeness (QED) is 0.370.